The fourth-order valence-corrected chi connectivity index (χ4v) is 2.66. The first-order chi connectivity index (χ1) is 12.5. The second kappa shape index (κ2) is 9.33. The zero-order chi connectivity index (χ0) is 19.1. The Morgan fingerprint density at radius 2 is 2.04 bits per heavy atom. The van der Waals surface area contributed by atoms with Crippen LogP contribution >= 0.6 is 23.2 Å². The Hall–Kier alpha value is -2.42. The Morgan fingerprint density at radius 3 is 2.65 bits per heavy atom. The number of hydrogen-bond donors (Lipinski definition) is 1. The molecule has 0 aliphatic heterocycles. The predicted molar refractivity (Wildman–Crippen MR) is 105 cm³/mol. The number of aromatic nitrogens is 1. The van der Waals surface area contributed by atoms with Crippen molar-refractivity contribution in [3.63, 3.8) is 0 Å². The molecule has 0 unspecified atom stereocenters. The minimum atomic E-state index is -0.459. The minimum Gasteiger partial charge on any atom is -0.493 e. The number of rotatable bonds is 7. The molecule has 0 saturated carbocycles. The molecule has 7 heteroatoms. The molecule has 1 heterocycles. The SMILES string of the molecule is C#CCN(NC(=O)c1c(OCCC)cc(C)nc1Cl)c1ccc(Cl)cc1. The summed E-state index contributed by atoms with van der Waals surface area (Å²) >= 11 is 12.1. The molecule has 0 aliphatic rings. The van der Waals surface area contributed by atoms with E-state index in [-0.39, 0.29) is 17.3 Å². The second-order valence-electron chi connectivity index (χ2n) is 5.48. The van der Waals surface area contributed by atoms with Crippen molar-refractivity contribution in [1.29, 1.82) is 0 Å². The van der Waals surface area contributed by atoms with Gasteiger partial charge in [-0.3, -0.25) is 15.2 Å². The number of hydrazine groups is 1. The highest BCUT2D eigenvalue weighted by atomic mass is 35.5. The normalized spacial score (nSPS) is 10.1. The van der Waals surface area contributed by atoms with E-state index in [9.17, 15) is 4.79 Å². The van der Waals surface area contributed by atoms with Crippen LogP contribution in [0.3, 0.4) is 0 Å². The molecule has 5 nitrogen and oxygen atoms in total. The fraction of sp³-hybridized carbons (Fsp3) is 0.263. The van der Waals surface area contributed by atoms with Gasteiger partial charge in [0.15, 0.2) is 0 Å². The molecular formula is C19H19Cl2N3O2. The van der Waals surface area contributed by atoms with E-state index in [1.807, 2.05) is 6.92 Å². The summed E-state index contributed by atoms with van der Waals surface area (Å²) in [6, 6.07) is 8.61. The third-order valence-electron chi connectivity index (χ3n) is 3.38. The van der Waals surface area contributed by atoms with Gasteiger partial charge in [0.1, 0.15) is 16.5 Å². The molecule has 0 atom stereocenters. The summed E-state index contributed by atoms with van der Waals surface area (Å²) < 4.78 is 5.67. The first kappa shape index (κ1) is 19.9. The molecule has 0 spiro atoms. The number of amides is 1. The number of benzene rings is 1. The van der Waals surface area contributed by atoms with E-state index in [4.69, 9.17) is 34.4 Å². The molecule has 0 radical (unpaired) electrons. The van der Waals surface area contributed by atoms with Crippen LogP contribution in [0, 0.1) is 19.3 Å². The van der Waals surface area contributed by atoms with Crippen molar-refractivity contribution in [2.24, 2.45) is 0 Å². The van der Waals surface area contributed by atoms with Gasteiger partial charge in [0.05, 0.1) is 18.8 Å². The van der Waals surface area contributed by atoms with Crippen LogP contribution in [0.15, 0.2) is 30.3 Å². The molecular weight excluding hydrogens is 373 g/mol. The number of nitrogens with one attached hydrogen (secondary N) is 1. The summed E-state index contributed by atoms with van der Waals surface area (Å²) in [5.41, 5.74) is 4.27. The van der Waals surface area contributed by atoms with E-state index >= 15 is 0 Å². The van der Waals surface area contributed by atoms with Crippen LogP contribution in [0.25, 0.3) is 0 Å². The van der Waals surface area contributed by atoms with E-state index in [2.05, 4.69) is 16.3 Å². The van der Waals surface area contributed by atoms with E-state index in [0.29, 0.717) is 28.8 Å². The van der Waals surface area contributed by atoms with Gasteiger partial charge in [0.2, 0.25) is 0 Å². The molecule has 0 saturated heterocycles. The second-order valence-corrected chi connectivity index (χ2v) is 6.28. The van der Waals surface area contributed by atoms with Crippen molar-refractivity contribution in [2.75, 3.05) is 18.2 Å². The molecule has 26 heavy (non-hydrogen) atoms. The van der Waals surface area contributed by atoms with Crippen LogP contribution in [-0.4, -0.2) is 24.0 Å². The number of nitrogens with zero attached hydrogens (tertiary/aromatic N) is 2. The maximum Gasteiger partial charge on any atom is 0.276 e. The minimum absolute atomic E-state index is 0.0744. The Morgan fingerprint density at radius 1 is 1.35 bits per heavy atom. The van der Waals surface area contributed by atoms with Crippen molar-refractivity contribution in [3.8, 4) is 18.1 Å². The van der Waals surface area contributed by atoms with Crippen LogP contribution in [0.4, 0.5) is 5.69 Å². The summed E-state index contributed by atoms with van der Waals surface area (Å²) in [7, 11) is 0. The highest BCUT2D eigenvalue weighted by molar-refractivity contribution is 6.33. The van der Waals surface area contributed by atoms with Gasteiger partial charge in [-0.15, -0.1) is 6.42 Å². The van der Waals surface area contributed by atoms with E-state index < -0.39 is 5.91 Å². The number of halogens is 2. The summed E-state index contributed by atoms with van der Waals surface area (Å²) in [5, 5.41) is 2.19. The first-order valence-electron chi connectivity index (χ1n) is 8.03. The highest BCUT2D eigenvalue weighted by Gasteiger charge is 2.21. The van der Waals surface area contributed by atoms with Crippen LogP contribution in [0.5, 0.6) is 5.75 Å². The highest BCUT2D eigenvalue weighted by Crippen LogP contribution is 2.27. The zero-order valence-electron chi connectivity index (χ0n) is 14.6. The van der Waals surface area contributed by atoms with Gasteiger partial charge in [-0.25, -0.2) is 4.98 Å². The molecule has 0 bridgehead atoms. The van der Waals surface area contributed by atoms with Crippen LogP contribution in [-0.2, 0) is 0 Å². The van der Waals surface area contributed by atoms with Crippen molar-refractivity contribution < 1.29 is 9.53 Å². The summed E-state index contributed by atoms with van der Waals surface area (Å²) in [4.78, 5) is 17.0. The van der Waals surface area contributed by atoms with Crippen molar-refractivity contribution >= 4 is 34.8 Å². The molecule has 0 aliphatic carbocycles. The van der Waals surface area contributed by atoms with Gasteiger partial charge < -0.3 is 4.74 Å². The molecule has 2 aromatic rings. The van der Waals surface area contributed by atoms with Gasteiger partial charge in [0.25, 0.3) is 5.91 Å². The Bertz CT molecular complexity index is 817. The van der Waals surface area contributed by atoms with Gasteiger partial charge in [-0.1, -0.05) is 36.0 Å². The quantitative estimate of drug-likeness (QED) is 0.434. The lowest BCUT2D eigenvalue weighted by molar-refractivity contribution is 0.0946. The standard InChI is InChI=1S/C19H19Cl2N3O2/c1-4-10-24(15-8-6-14(20)7-9-15)23-19(25)17-16(26-11-5-2)12-13(3)22-18(17)21/h1,6-9,12H,5,10-11H2,2-3H3,(H,23,25). The predicted octanol–water partition coefficient (Wildman–Crippen LogP) is 4.27. The Kier molecular flexibility index (Phi) is 7.14. The topological polar surface area (TPSA) is 54.5 Å². The zero-order valence-corrected chi connectivity index (χ0v) is 16.1. The average molecular weight is 392 g/mol. The number of anilines is 1. The third kappa shape index (κ3) is 5.04. The molecule has 1 N–H and O–H groups in total. The van der Waals surface area contributed by atoms with Crippen LogP contribution < -0.4 is 15.2 Å². The van der Waals surface area contributed by atoms with E-state index in [0.717, 1.165) is 6.42 Å². The smallest absolute Gasteiger partial charge is 0.276 e. The monoisotopic (exact) mass is 391 g/mol. The molecule has 1 aromatic carbocycles. The maximum absolute atomic E-state index is 12.8. The lowest BCUT2D eigenvalue weighted by atomic mass is 10.2. The number of carbonyl (C=O) groups excluding carboxylic acids is 1. The molecule has 2 rings (SSSR count). The van der Waals surface area contributed by atoms with Gasteiger partial charge in [-0.2, -0.15) is 0 Å². The number of aryl methyl sites for hydroxylation is 1. The van der Waals surface area contributed by atoms with E-state index in [1.54, 1.807) is 37.3 Å². The van der Waals surface area contributed by atoms with Gasteiger partial charge >= 0.3 is 0 Å². The number of hydrogen-bond acceptors (Lipinski definition) is 4. The maximum atomic E-state index is 12.8. The van der Waals surface area contributed by atoms with Crippen molar-refractivity contribution in [2.45, 2.75) is 20.3 Å². The molecule has 1 aromatic heterocycles. The Balaban J connectivity index is 2.32. The fourth-order valence-electron chi connectivity index (χ4n) is 2.22. The van der Waals surface area contributed by atoms with Gasteiger partial charge in [-0.05, 0) is 37.6 Å². The lowest BCUT2D eigenvalue weighted by Crippen LogP contribution is -2.43. The van der Waals surface area contributed by atoms with Crippen molar-refractivity contribution in [3.05, 3.63) is 51.8 Å². The molecule has 1 amide bonds. The largest absolute Gasteiger partial charge is 0.493 e. The number of ether oxygens (including phenoxy) is 1. The lowest BCUT2D eigenvalue weighted by Gasteiger charge is -2.24. The van der Waals surface area contributed by atoms with Crippen LogP contribution in [0.1, 0.15) is 29.4 Å². The third-order valence-corrected chi connectivity index (χ3v) is 3.91. The van der Waals surface area contributed by atoms with E-state index in [1.165, 1.54) is 5.01 Å². The summed E-state index contributed by atoms with van der Waals surface area (Å²) in [6.45, 7) is 4.38. The molecule has 0 fully saturated rings. The number of terminal acetylenes is 1. The van der Waals surface area contributed by atoms with Crippen LogP contribution in [0.2, 0.25) is 10.2 Å². The Labute approximate surface area is 163 Å². The van der Waals surface area contributed by atoms with Gasteiger partial charge in [0, 0.05) is 16.8 Å². The van der Waals surface area contributed by atoms with Crippen molar-refractivity contribution in [1.82, 2.24) is 10.4 Å². The number of carbonyl (C=O) groups is 1. The number of pyridine rings is 1. The average Bonchev–Trinajstić information content (AvgIpc) is 2.59. The summed E-state index contributed by atoms with van der Waals surface area (Å²) in [5.74, 6) is 2.44. The first-order valence-corrected chi connectivity index (χ1v) is 8.79. The molecule has 136 valence electrons. The summed E-state index contributed by atoms with van der Waals surface area (Å²) in [6.07, 6.45) is 6.22.